The molecular formula is C23H24FN3O4S. The molecule has 0 unspecified atom stereocenters. The largest absolute Gasteiger partial charge is 0.488 e. The van der Waals surface area contributed by atoms with E-state index in [0.717, 1.165) is 23.4 Å². The number of nitrogens with zero attached hydrogens (tertiary/aromatic N) is 1. The first-order chi connectivity index (χ1) is 14.9. The van der Waals surface area contributed by atoms with Crippen molar-refractivity contribution in [2.75, 3.05) is 17.6 Å². The maximum Gasteiger partial charge on any atom is 0.250 e. The number of benzene rings is 2. The number of halogens is 1. The molecule has 0 bridgehead atoms. The van der Waals surface area contributed by atoms with Crippen LogP contribution >= 0.6 is 0 Å². The van der Waals surface area contributed by atoms with Crippen LogP contribution in [0.2, 0.25) is 0 Å². The molecule has 0 radical (unpaired) electrons. The molecule has 7 nitrogen and oxygen atoms in total. The van der Waals surface area contributed by atoms with Crippen molar-refractivity contribution in [3.05, 3.63) is 64.0 Å². The van der Waals surface area contributed by atoms with E-state index in [4.69, 9.17) is 4.74 Å². The van der Waals surface area contributed by atoms with Gasteiger partial charge in [-0.25, -0.2) is 12.8 Å². The molecule has 0 fully saturated rings. The molecule has 1 heterocycles. The van der Waals surface area contributed by atoms with Gasteiger partial charge in [-0.15, -0.1) is 0 Å². The predicted molar refractivity (Wildman–Crippen MR) is 120 cm³/mol. The molecule has 0 spiro atoms. The van der Waals surface area contributed by atoms with Crippen molar-refractivity contribution in [3.8, 4) is 11.8 Å². The molecule has 2 aromatic carbocycles. The van der Waals surface area contributed by atoms with Gasteiger partial charge >= 0.3 is 0 Å². The van der Waals surface area contributed by atoms with Crippen molar-refractivity contribution in [1.82, 2.24) is 5.32 Å². The molecule has 2 N–H and O–H groups in total. The van der Waals surface area contributed by atoms with Crippen LogP contribution in [0.4, 0.5) is 10.1 Å². The van der Waals surface area contributed by atoms with Gasteiger partial charge in [0.15, 0.2) is 0 Å². The number of sulfonamides is 1. The van der Waals surface area contributed by atoms with E-state index in [2.05, 4.69) is 26.1 Å². The number of anilines is 1. The number of hydrogen-bond donors (Lipinski definition) is 2. The number of amides is 1. The van der Waals surface area contributed by atoms with Crippen LogP contribution < -0.4 is 14.8 Å². The maximum absolute atomic E-state index is 14.4. The molecule has 2 aromatic rings. The number of ether oxygens (including phenoxy) is 1. The fourth-order valence-electron chi connectivity index (χ4n) is 3.20. The van der Waals surface area contributed by atoms with Gasteiger partial charge in [0.1, 0.15) is 29.9 Å². The van der Waals surface area contributed by atoms with Gasteiger partial charge in [-0.3, -0.25) is 9.52 Å². The summed E-state index contributed by atoms with van der Waals surface area (Å²) in [5, 5.41) is 11.9. The lowest BCUT2D eigenvalue weighted by molar-refractivity contribution is -0.117. The van der Waals surface area contributed by atoms with E-state index in [1.54, 1.807) is 12.1 Å². The quantitative estimate of drug-likeness (QED) is 0.715. The first kappa shape index (κ1) is 23.3. The zero-order valence-corrected chi connectivity index (χ0v) is 19.1. The molecule has 1 amide bonds. The highest BCUT2D eigenvalue weighted by Gasteiger charge is 2.21. The number of nitrogens with one attached hydrogen (secondary N) is 2. The van der Waals surface area contributed by atoms with Crippen LogP contribution in [0.3, 0.4) is 0 Å². The van der Waals surface area contributed by atoms with Gasteiger partial charge in [0.2, 0.25) is 10.0 Å². The lowest BCUT2D eigenvalue weighted by Gasteiger charge is -2.23. The van der Waals surface area contributed by atoms with Gasteiger partial charge in [-0.05, 0) is 40.8 Å². The number of nitriles is 1. The Hall–Kier alpha value is -3.38. The maximum atomic E-state index is 14.4. The SMILES string of the molecule is CC(C)(C)c1ccc2c(c1)OCC(C(=O)NCc1cc(F)c(NS(C)(=O)=O)c(C#N)c1)=C2. The molecular weight excluding hydrogens is 433 g/mol. The van der Waals surface area contributed by atoms with Crippen LogP contribution in [-0.2, 0) is 26.8 Å². The minimum Gasteiger partial charge on any atom is -0.488 e. The lowest BCUT2D eigenvalue weighted by Crippen LogP contribution is -2.28. The molecule has 0 aromatic heterocycles. The minimum absolute atomic E-state index is 0.0241. The monoisotopic (exact) mass is 457 g/mol. The van der Waals surface area contributed by atoms with Gasteiger partial charge in [-0.2, -0.15) is 5.26 Å². The Labute approximate surface area is 187 Å². The van der Waals surface area contributed by atoms with Crippen LogP contribution in [-0.4, -0.2) is 27.2 Å². The third kappa shape index (κ3) is 5.45. The average Bonchev–Trinajstić information content (AvgIpc) is 2.71. The second kappa shape index (κ2) is 8.63. The molecule has 0 saturated heterocycles. The van der Waals surface area contributed by atoms with Crippen molar-refractivity contribution in [2.24, 2.45) is 0 Å². The molecule has 0 aliphatic carbocycles. The Morgan fingerprint density at radius 1 is 1.25 bits per heavy atom. The summed E-state index contributed by atoms with van der Waals surface area (Å²) < 4.78 is 44.9. The van der Waals surface area contributed by atoms with Crippen LogP contribution in [0.25, 0.3) is 6.08 Å². The van der Waals surface area contributed by atoms with Gasteiger partial charge in [0.25, 0.3) is 5.91 Å². The van der Waals surface area contributed by atoms with Gasteiger partial charge < -0.3 is 10.1 Å². The van der Waals surface area contributed by atoms with Crippen molar-refractivity contribution < 1.29 is 22.3 Å². The number of carbonyl (C=O) groups excluding carboxylic acids is 1. The third-order valence-corrected chi connectivity index (χ3v) is 5.47. The van der Waals surface area contributed by atoms with E-state index in [1.807, 2.05) is 22.9 Å². The highest BCUT2D eigenvalue weighted by atomic mass is 32.2. The number of hydrogen-bond acceptors (Lipinski definition) is 5. The summed E-state index contributed by atoms with van der Waals surface area (Å²) in [6, 6.07) is 10.0. The second-order valence-electron chi connectivity index (χ2n) is 8.63. The molecule has 9 heteroatoms. The predicted octanol–water partition coefficient (Wildman–Crippen LogP) is 3.46. The Morgan fingerprint density at radius 3 is 2.59 bits per heavy atom. The molecule has 0 atom stereocenters. The highest BCUT2D eigenvalue weighted by molar-refractivity contribution is 7.92. The van der Waals surface area contributed by atoms with Crippen LogP contribution in [0.1, 0.15) is 43.0 Å². The van der Waals surface area contributed by atoms with Gasteiger partial charge in [0.05, 0.1) is 17.4 Å². The Balaban J connectivity index is 1.74. The highest BCUT2D eigenvalue weighted by Crippen LogP contribution is 2.32. The normalized spacial score (nSPS) is 13.3. The van der Waals surface area contributed by atoms with Crippen molar-refractivity contribution in [3.63, 3.8) is 0 Å². The third-order valence-electron chi connectivity index (χ3n) is 4.90. The summed E-state index contributed by atoms with van der Waals surface area (Å²) in [6.07, 6.45) is 2.62. The summed E-state index contributed by atoms with van der Waals surface area (Å²) in [7, 11) is -3.75. The van der Waals surface area contributed by atoms with E-state index in [0.29, 0.717) is 16.9 Å². The van der Waals surface area contributed by atoms with E-state index in [9.17, 15) is 22.9 Å². The Morgan fingerprint density at radius 2 is 1.97 bits per heavy atom. The summed E-state index contributed by atoms with van der Waals surface area (Å²) in [6.45, 7) is 6.38. The smallest absolute Gasteiger partial charge is 0.250 e. The number of rotatable bonds is 5. The molecule has 168 valence electrons. The number of carbonyl (C=O) groups is 1. The molecule has 3 rings (SSSR count). The van der Waals surface area contributed by atoms with Gasteiger partial charge in [0, 0.05) is 12.1 Å². The Kier molecular flexibility index (Phi) is 6.28. The lowest BCUT2D eigenvalue weighted by atomic mass is 9.86. The van der Waals surface area contributed by atoms with Crippen molar-refractivity contribution in [1.29, 1.82) is 5.26 Å². The topological polar surface area (TPSA) is 108 Å². The average molecular weight is 458 g/mol. The molecule has 1 aliphatic rings. The fraction of sp³-hybridized carbons (Fsp3) is 0.304. The summed E-state index contributed by atoms with van der Waals surface area (Å²) in [4.78, 5) is 12.6. The van der Waals surface area contributed by atoms with Crippen LogP contribution in [0.5, 0.6) is 5.75 Å². The Bertz CT molecular complexity index is 1260. The zero-order chi connectivity index (χ0) is 23.7. The standard InChI is InChI=1S/C23H24FN3O4S/c1-23(2,3)18-6-5-15-9-17(13-31-20(15)10-18)22(28)26-12-14-7-16(11-25)21(19(24)8-14)27-32(4,29)30/h5-10,27H,12-13H2,1-4H3,(H,26,28). The van der Waals surface area contributed by atoms with E-state index < -0.39 is 21.5 Å². The van der Waals surface area contributed by atoms with Crippen LogP contribution in [0.15, 0.2) is 35.9 Å². The second-order valence-corrected chi connectivity index (χ2v) is 10.4. The molecule has 0 saturated carbocycles. The van der Waals surface area contributed by atoms with E-state index in [1.165, 1.54) is 6.07 Å². The van der Waals surface area contributed by atoms with E-state index in [-0.39, 0.29) is 30.0 Å². The first-order valence-electron chi connectivity index (χ1n) is 9.84. The molecule has 1 aliphatic heterocycles. The van der Waals surface area contributed by atoms with Crippen LogP contribution in [0, 0.1) is 17.1 Å². The van der Waals surface area contributed by atoms with E-state index >= 15 is 0 Å². The molecule has 32 heavy (non-hydrogen) atoms. The fourth-order valence-corrected chi connectivity index (χ4v) is 3.78. The summed E-state index contributed by atoms with van der Waals surface area (Å²) in [5.41, 5.74) is 2.04. The van der Waals surface area contributed by atoms with Crippen molar-refractivity contribution in [2.45, 2.75) is 32.7 Å². The van der Waals surface area contributed by atoms with Gasteiger partial charge in [-0.1, -0.05) is 32.9 Å². The first-order valence-corrected chi connectivity index (χ1v) is 11.7. The number of fused-ring (bicyclic) bond motifs is 1. The zero-order valence-electron chi connectivity index (χ0n) is 18.2. The minimum atomic E-state index is -3.75. The summed E-state index contributed by atoms with van der Waals surface area (Å²) >= 11 is 0. The van der Waals surface area contributed by atoms with Crippen molar-refractivity contribution >= 4 is 27.7 Å². The summed E-state index contributed by atoms with van der Waals surface area (Å²) in [5.74, 6) is -0.570.